The van der Waals surface area contributed by atoms with Crippen molar-refractivity contribution in [2.75, 3.05) is 13.2 Å². The predicted octanol–water partition coefficient (Wildman–Crippen LogP) is 2.23. The molecule has 21 heavy (non-hydrogen) atoms. The first-order valence-electron chi connectivity index (χ1n) is 7.29. The number of aryl methyl sites for hydroxylation is 1. The Kier molecular flexibility index (Phi) is 5.20. The highest BCUT2D eigenvalue weighted by atomic mass is 16.5. The van der Waals surface area contributed by atoms with Gasteiger partial charge < -0.3 is 14.7 Å². The Morgan fingerprint density at radius 3 is 2.67 bits per heavy atom. The number of hydrogen-bond donors (Lipinski definition) is 1. The molecule has 1 aliphatic rings. The fourth-order valence-corrected chi connectivity index (χ4v) is 2.52. The average Bonchev–Trinajstić information content (AvgIpc) is 2.49. The van der Waals surface area contributed by atoms with E-state index in [0.29, 0.717) is 13.0 Å². The van der Waals surface area contributed by atoms with Gasteiger partial charge in [-0.25, -0.2) is 4.79 Å². The van der Waals surface area contributed by atoms with Gasteiger partial charge in [-0.05, 0) is 38.3 Å². The van der Waals surface area contributed by atoms with E-state index in [2.05, 4.69) is 0 Å². The van der Waals surface area contributed by atoms with Gasteiger partial charge in [0.25, 0.3) is 0 Å². The second-order valence-electron chi connectivity index (χ2n) is 5.35. The number of piperidine rings is 1. The van der Waals surface area contributed by atoms with Crippen LogP contribution < -0.4 is 4.74 Å². The molecule has 1 aromatic carbocycles. The molecule has 1 aromatic rings. The second kappa shape index (κ2) is 7.11. The molecule has 114 valence electrons. The summed E-state index contributed by atoms with van der Waals surface area (Å²) in [5, 5.41) is 9.16. The summed E-state index contributed by atoms with van der Waals surface area (Å²) in [6, 6.07) is 6.94. The van der Waals surface area contributed by atoms with Crippen LogP contribution in [0.5, 0.6) is 5.75 Å². The smallest absolute Gasteiger partial charge is 0.326 e. The Labute approximate surface area is 124 Å². The SMILES string of the molecule is Cc1ccc(OCCC(=O)N2CCCCC2C(=O)O)cc1. The molecule has 0 aliphatic carbocycles. The van der Waals surface area contributed by atoms with Gasteiger partial charge in [-0.2, -0.15) is 0 Å². The van der Waals surface area contributed by atoms with Crippen LogP contribution >= 0.6 is 0 Å². The Bertz CT molecular complexity index is 498. The number of amides is 1. The van der Waals surface area contributed by atoms with E-state index < -0.39 is 12.0 Å². The molecule has 0 radical (unpaired) electrons. The fraction of sp³-hybridized carbons (Fsp3) is 0.500. The number of nitrogens with zero attached hydrogens (tertiary/aromatic N) is 1. The van der Waals surface area contributed by atoms with Crippen LogP contribution in [0.15, 0.2) is 24.3 Å². The number of carboxylic acids is 1. The number of aliphatic carboxylic acids is 1. The molecule has 1 fully saturated rings. The highest BCUT2D eigenvalue weighted by Crippen LogP contribution is 2.18. The van der Waals surface area contributed by atoms with Crippen LogP contribution in [0.4, 0.5) is 0 Å². The first-order valence-corrected chi connectivity index (χ1v) is 7.29. The van der Waals surface area contributed by atoms with Crippen molar-refractivity contribution in [3.05, 3.63) is 29.8 Å². The van der Waals surface area contributed by atoms with E-state index in [1.54, 1.807) is 0 Å². The zero-order chi connectivity index (χ0) is 15.2. The summed E-state index contributed by atoms with van der Waals surface area (Å²) in [7, 11) is 0. The first-order chi connectivity index (χ1) is 10.1. The third kappa shape index (κ3) is 4.21. The summed E-state index contributed by atoms with van der Waals surface area (Å²) in [4.78, 5) is 24.8. The van der Waals surface area contributed by atoms with Crippen molar-refractivity contribution in [3.8, 4) is 5.75 Å². The Morgan fingerprint density at radius 2 is 2.00 bits per heavy atom. The third-order valence-corrected chi connectivity index (χ3v) is 3.71. The van der Waals surface area contributed by atoms with Crippen LogP contribution in [0.25, 0.3) is 0 Å². The summed E-state index contributed by atoms with van der Waals surface area (Å²) in [6.07, 6.45) is 2.48. The monoisotopic (exact) mass is 291 g/mol. The lowest BCUT2D eigenvalue weighted by Gasteiger charge is -2.33. The number of benzene rings is 1. The van der Waals surface area contributed by atoms with Crippen LogP contribution in [0.1, 0.15) is 31.2 Å². The molecule has 1 saturated heterocycles. The maximum atomic E-state index is 12.1. The number of carboxylic acid groups (broad SMARTS) is 1. The number of carbonyl (C=O) groups is 2. The number of hydrogen-bond acceptors (Lipinski definition) is 3. The molecule has 0 saturated carbocycles. The van der Waals surface area contributed by atoms with Crippen molar-refractivity contribution in [2.45, 2.75) is 38.6 Å². The lowest BCUT2D eigenvalue weighted by atomic mass is 10.0. The Hall–Kier alpha value is -2.04. The molecule has 1 unspecified atom stereocenters. The van der Waals surface area contributed by atoms with Gasteiger partial charge in [-0.15, -0.1) is 0 Å². The van der Waals surface area contributed by atoms with E-state index in [1.807, 2.05) is 31.2 Å². The predicted molar refractivity (Wildman–Crippen MR) is 78.3 cm³/mol. The van der Waals surface area contributed by atoms with E-state index in [0.717, 1.165) is 24.2 Å². The van der Waals surface area contributed by atoms with Crippen molar-refractivity contribution in [2.24, 2.45) is 0 Å². The van der Waals surface area contributed by atoms with Crippen LogP contribution in [0.3, 0.4) is 0 Å². The van der Waals surface area contributed by atoms with Gasteiger partial charge in [-0.3, -0.25) is 4.79 Å². The maximum Gasteiger partial charge on any atom is 0.326 e. The highest BCUT2D eigenvalue weighted by Gasteiger charge is 2.31. The van der Waals surface area contributed by atoms with Crippen LogP contribution in [0.2, 0.25) is 0 Å². The molecule has 1 N–H and O–H groups in total. The van der Waals surface area contributed by atoms with Gasteiger partial charge in [0.1, 0.15) is 11.8 Å². The zero-order valence-corrected chi connectivity index (χ0v) is 12.2. The van der Waals surface area contributed by atoms with Gasteiger partial charge in [0.2, 0.25) is 5.91 Å². The molecule has 1 aliphatic heterocycles. The fourth-order valence-electron chi connectivity index (χ4n) is 2.52. The summed E-state index contributed by atoms with van der Waals surface area (Å²) >= 11 is 0. The summed E-state index contributed by atoms with van der Waals surface area (Å²) in [5.74, 6) is -0.335. The Morgan fingerprint density at radius 1 is 1.29 bits per heavy atom. The highest BCUT2D eigenvalue weighted by molar-refractivity contribution is 5.83. The van der Waals surface area contributed by atoms with Crippen molar-refractivity contribution < 1.29 is 19.4 Å². The van der Waals surface area contributed by atoms with Crippen molar-refractivity contribution in [1.29, 1.82) is 0 Å². The standard InChI is InChI=1S/C16H21NO4/c1-12-5-7-13(8-6-12)21-11-9-15(18)17-10-3-2-4-14(17)16(19)20/h5-8,14H,2-4,9-11H2,1H3,(H,19,20). The molecule has 5 heteroatoms. The largest absolute Gasteiger partial charge is 0.493 e. The molecule has 2 rings (SSSR count). The molecule has 5 nitrogen and oxygen atoms in total. The van der Waals surface area contributed by atoms with Crippen molar-refractivity contribution in [1.82, 2.24) is 4.90 Å². The quantitative estimate of drug-likeness (QED) is 0.903. The number of rotatable bonds is 5. The normalized spacial score (nSPS) is 18.3. The van der Waals surface area contributed by atoms with Crippen LogP contribution in [0, 0.1) is 6.92 Å². The van der Waals surface area contributed by atoms with Gasteiger partial charge in [0.05, 0.1) is 13.0 Å². The van der Waals surface area contributed by atoms with Crippen molar-refractivity contribution >= 4 is 11.9 Å². The minimum absolute atomic E-state index is 0.144. The van der Waals surface area contributed by atoms with Gasteiger partial charge in [0.15, 0.2) is 0 Å². The molecule has 1 atom stereocenters. The van der Waals surface area contributed by atoms with Crippen LogP contribution in [-0.4, -0.2) is 41.1 Å². The lowest BCUT2D eigenvalue weighted by molar-refractivity contribution is -0.152. The summed E-state index contributed by atoms with van der Waals surface area (Å²) in [5.41, 5.74) is 1.15. The number of likely N-dealkylation sites (tertiary alicyclic amines) is 1. The van der Waals surface area contributed by atoms with Gasteiger partial charge in [-0.1, -0.05) is 17.7 Å². The molecule has 0 spiro atoms. The Balaban J connectivity index is 1.83. The number of ether oxygens (including phenoxy) is 1. The molecule has 1 heterocycles. The zero-order valence-electron chi connectivity index (χ0n) is 12.2. The molecule has 0 aromatic heterocycles. The maximum absolute atomic E-state index is 12.1. The van der Waals surface area contributed by atoms with Crippen LogP contribution in [-0.2, 0) is 9.59 Å². The van der Waals surface area contributed by atoms with Gasteiger partial charge in [0, 0.05) is 6.54 Å². The molecular formula is C16H21NO4. The van der Waals surface area contributed by atoms with E-state index in [4.69, 9.17) is 9.84 Å². The molecule has 1 amide bonds. The minimum atomic E-state index is -0.914. The van der Waals surface area contributed by atoms with E-state index in [-0.39, 0.29) is 18.9 Å². The average molecular weight is 291 g/mol. The lowest BCUT2D eigenvalue weighted by Crippen LogP contribution is -2.48. The second-order valence-corrected chi connectivity index (χ2v) is 5.35. The van der Waals surface area contributed by atoms with Crippen molar-refractivity contribution in [3.63, 3.8) is 0 Å². The van der Waals surface area contributed by atoms with E-state index in [1.165, 1.54) is 4.90 Å². The van der Waals surface area contributed by atoms with E-state index >= 15 is 0 Å². The third-order valence-electron chi connectivity index (χ3n) is 3.71. The molecular weight excluding hydrogens is 270 g/mol. The summed E-state index contributed by atoms with van der Waals surface area (Å²) < 4.78 is 5.52. The summed E-state index contributed by atoms with van der Waals surface area (Å²) in [6.45, 7) is 2.79. The minimum Gasteiger partial charge on any atom is -0.493 e. The topological polar surface area (TPSA) is 66.8 Å². The van der Waals surface area contributed by atoms with E-state index in [9.17, 15) is 9.59 Å². The number of carbonyl (C=O) groups excluding carboxylic acids is 1. The van der Waals surface area contributed by atoms with Gasteiger partial charge >= 0.3 is 5.97 Å². The first kappa shape index (κ1) is 15.4. The molecule has 0 bridgehead atoms.